The topological polar surface area (TPSA) is 126 Å². The van der Waals surface area contributed by atoms with Crippen LogP contribution in [0.15, 0.2) is 17.6 Å². The monoisotopic (exact) mass is 339 g/mol. The van der Waals surface area contributed by atoms with Gasteiger partial charge in [0.2, 0.25) is 5.95 Å². The molecule has 0 radical (unpaired) electrons. The van der Waals surface area contributed by atoms with Crippen molar-refractivity contribution in [3.05, 3.63) is 18.3 Å². The van der Waals surface area contributed by atoms with Gasteiger partial charge in [-0.05, 0) is 12.8 Å². The molecule has 2 N–H and O–H groups in total. The highest BCUT2D eigenvalue weighted by Gasteiger charge is 2.20. The number of aromatic amines is 1. The van der Waals surface area contributed by atoms with E-state index >= 15 is 0 Å². The molecule has 1 saturated heterocycles. The van der Waals surface area contributed by atoms with Gasteiger partial charge in [0.05, 0.1) is 26.2 Å². The van der Waals surface area contributed by atoms with Gasteiger partial charge in [-0.25, -0.2) is 18.1 Å². The van der Waals surface area contributed by atoms with E-state index in [4.69, 9.17) is 4.74 Å². The predicted octanol–water partition coefficient (Wildman–Crippen LogP) is -0.318. The number of anilines is 1. The highest BCUT2D eigenvalue weighted by atomic mass is 32.2. The Hall–Kier alpha value is -2.27. The SMILES string of the molecule is COc1nc(CNS(=O)(=O)c2cnc[nH]2)nc(N2CCCC2)n1. The lowest BCUT2D eigenvalue weighted by Crippen LogP contribution is -2.26. The molecule has 2 aromatic rings. The van der Waals surface area contributed by atoms with E-state index in [1.807, 2.05) is 4.90 Å². The molecule has 11 heteroatoms. The van der Waals surface area contributed by atoms with Crippen LogP contribution in [0.3, 0.4) is 0 Å². The van der Waals surface area contributed by atoms with Crippen LogP contribution in [-0.4, -0.2) is 53.5 Å². The van der Waals surface area contributed by atoms with Crippen molar-refractivity contribution >= 4 is 16.0 Å². The number of imidazole rings is 1. The Morgan fingerprint density at radius 1 is 1.30 bits per heavy atom. The second kappa shape index (κ2) is 6.46. The molecule has 1 aliphatic heterocycles. The van der Waals surface area contributed by atoms with Crippen molar-refractivity contribution in [2.45, 2.75) is 24.4 Å². The lowest BCUT2D eigenvalue weighted by atomic mass is 10.4. The molecule has 0 aromatic carbocycles. The Morgan fingerprint density at radius 3 is 2.74 bits per heavy atom. The summed E-state index contributed by atoms with van der Waals surface area (Å²) in [6, 6.07) is 0.164. The number of rotatable bonds is 6. The molecule has 0 amide bonds. The van der Waals surface area contributed by atoms with Gasteiger partial charge in [-0.1, -0.05) is 0 Å². The zero-order valence-corrected chi connectivity index (χ0v) is 13.4. The molecule has 3 heterocycles. The Morgan fingerprint density at radius 2 is 2.09 bits per heavy atom. The van der Waals surface area contributed by atoms with Crippen LogP contribution >= 0.6 is 0 Å². The Labute approximate surface area is 133 Å². The van der Waals surface area contributed by atoms with Crippen LogP contribution in [0, 0.1) is 0 Å². The van der Waals surface area contributed by atoms with Crippen molar-refractivity contribution in [1.82, 2.24) is 29.6 Å². The van der Waals surface area contributed by atoms with E-state index in [-0.39, 0.29) is 17.6 Å². The van der Waals surface area contributed by atoms with E-state index in [2.05, 4.69) is 29.6 Å². The fraction of sp³-hybridized carbons (Fsp3) is 0.500. The van der Waals surface area contributed by atoms with E-state index in [1.54, 1.807) is 0 Å². The molecule has 1 aliphatic rings. The summed E-state index contributed by atoms with van der Waals surface area (Å²) in [5.41, 5.74) is 0. The van der Waals surface area contributed by atoms with Crippen LogP contribution < -0.4 is 14.4 Å². The van der Waals surface area contributed by atoms with Gasteiger partial charge in [-0.2, -0.15) is 15.0 Å². The van der Waals surface area contributed by atoms with Gasteiger partial charge in [0.15, 0.2) is 10.9 Å². The molecule has 0 atom stereocenters. The molecule has 1 fully saturated rings. The third kappa shape index (κ3) is 3.56. The van der Waals surface area contributed by atoms with E-state index in [0.29, 0.717) is 11.8 Å². The number of aromatic nitrogens is 5. The molecule has 0 spiro atoms. The van der Waals surface area contributed by atoms with Gasteiger partial charge >= 0.3 is 6.01 Å². The largest absolute Gasteiger partial charge is 0.467 e. The summed E-state index contributed by atoms with van der Waals surface area (Å²) >= 11 is 0. The summed E-state index contributed by atoms with van der Waals surface area (Å²) in [6.45, 7) is 1.67. The fourth-order valence-electron chi connectivity index (χ4n) is 2.24. The van der Waals surface area contributed by atoms with Gasteiger partial charge in [0.1, 0.15) is 0 Å². The Kier molecular flexibility index (Phi) is 4.39. The Balaban J connectivity index is 1.78. The Bertz CT molecular complexity index is 757. The molecule has 0 bridgehead atoms. The minimum Gasteiger partial charge on any atom is -0.467 e. The number of nitrogens with zero attached hydrogens (tertiary/aromatic N) is 5. The van der Waals surface area contributed by atoms with Crippen LogP contribution in [0.5, 0.6) is 6.01 Å². The van der Waals surface area contributed by atoms with Crippen LogP contribution in [0.4, 0.5) is 5.95 Å². The number of hydrogen-bond acceptors (Lipinski definition) is 8. The lowest BCUT2D eigenvalue weighted by molar-refractivity contribution is 0.375. The summed E-state index contributed by atoms with van der Waals surface area (Å²) in [6.07, 6.45) is 4.68. The maximum atomic E-state index is 12.1. The summed E-state index contributed by atoms with van der Waals surface area (Å²) < 4.78 is 31.6. The highest BCUT2D eigenvalue weighted by Crippen LogP contribution is 2.17. The van der Waals surface area contributed by atoms with Crippen molar-refractivity contribution in [1.29, 1.82) is 0 Å². The van der Waals surface area contributed by atoms with Gasteiger partial charge in [0, 0.05) is 13.1 Å². The maximum Gasteiger partial charge on any atom is 0.321 e. The van der Waals surface area contributed by atoms with Crippen LogP contribution in [0.2, 0.25) is 0 Å². The first-order valence-corrected chi connectivity index (χ1v) is 8.59. The summed E-state index contributed by atoms with van der Waals surface area (Å²) in [5, 5.41) is -0.0155. The number of H-pyrrole nitrogens is 1. The number of methoxy groups -OCH3 is 1. The van der Waals surface area contributed by atoms with Gasteiger partial charge in [-0.15, -0.1) is 0 Å². The molecular weight excluding hydrogens is 322 g/mol. The van der Waals surface area contributed by atoms with E-state index in [9.17, 15) is 8.42 Å². The smallest absolute Gasteiger partial charge is 0.321 e. The maximum absolute atomic E-state index is 12.1. The van der Waals surface area contributed by atoms with Gasteiger partial charge in [-0.3, -0.25) is 0 Å². The standard InChI is InChI=1S/C12H17N7O3S/c1-22-12-17-9(16-11(18-12)19-4-2-3-5-19)6-15-23(20,21)10-7-13-8-14-10/h7-8,15H,2-6H2,1H3,(H,13,14). The molecule has 3 rings (SSSR count). The number of sulfonamides is 1. The number of hydrogen-bond donors (Lipinski definition) is 2. The zero-order valence-electron chi connectivity index (χ0n) is 12.6. The second-order valence-electron chi connectivity index (χ2n) is 4.97. The average molecular weight is 339 g/mol. The third-order valence-corrected chi connectivity index (χ3v) is 4.73. The van der Waals surface area contributed by atoms with E-state index < -0.39 is 10.0 Å². The normalized spacial score (nSPS) is 15.1. The summed E-state index contributed by atoms with van der Waals surface area (Å²) in [5.74, 6) is 0.798. The lowest BCUT2D eigenvalue weighted by Gasteiger charge is -2.16. The summed E-state index contributed by atoms with van der Waals surface area (Å²) in [4.78, 5) is 20.9. The predicted molar refractivity (Wildman–Crippen MR) is 80.4 cm³/mol. The van der Waals surface area contributed by atoms with Crippen LogP contribution in [0.1, 0.15) is 18.7 Å². The van der Waals surface area contributed by atoms with Crippen molar-refractivity contribution in [3.63, 3.8) is 0 Å². The van der Waals surface area contributed by atoms with E-state index in [0.717, 1.165) is 25.9 Å². The zero-order chi connectivity index (χ0) is 16.3. The molecular formula is C12H17N7O3S. The van der Waals surface area contributed by atoms with Crippen molar-refractivity contribution in [2.75, 3.05) is 25.1 Å². The van der Waals surface area contributed by atoms with Crippen molar-refractivity contribution in [3.8, 4) is 6.01 Å². The first-order chi connectivity index (χ1) is 11.1. The fourth-order valence-corrected chi connectivity index (χ4v) is 3.12. The van der Waals surface area contributed by atoms with Crippen molar-refractivity contribution in [2.24, 2.45) is 0 Å². The number of ether oxygens (including phenoxy) is 1. The first-order valence-electron chi connectivity index (χ1n) is 7.10. The van der Waals surface area contributed by atoms with Crippen molar-refractivity contribution < 1.29 is 13.2 Å². The molecule has 0 aliphatic carbocycles. The quantitative estimate of drug-likeness (QED) is 0.733. The first kappa shape index (κ1) is 15.6. The van der Waals surface area contributed by atoms with E-state index in [1.165, 1.54) is 19.6 Å². The van der Waals surface area contributed by atoms with Gasteiger partial charge < -0.3 is 14.6 Å². The van der Waals surface area contributed by atoms with Crippen LogP contribution in [0.25, 0.3) is 0 Å². The molecule has 2 aromatic heterocycles. The third-order valence-electron chi connectivity index (χ3n) is 3.40. The molecule has 23 heavy (non-hydrogen) atoms. The minimum atomic E-state index is -3.69. The molecule has 0 unspecified atom stereocenters. The molecule has 10 nitrogen and oxygen atoms in total. The average Bonchev–Trinajstić information content (AvgIpc) is 3.25. The second-order valence-corrected chi connectivity index (χ2v) is 6.71. The molecule has 0 saturated carbocycles. The molecule has 124 valence electrons. The summed E-state index contributed by atoms with van der Waals surface area (Å²) in [7, 11) is -2.23. The van der Waals surface area contributed by atoms with Gasteiger partial charge in [0.25, 0.3) is 10.0 Å². The minimum absolute atomic E-state index is 0.0155. The van der Waals surface area contributed by atoms with Crippen LogP contribution in [-0.2, 0) is 16.6 Å². The highest BCUT2D eigenvalue weighted by molar-refractivity contribution is 7.89. The number of nitrogens with one attached hydrogen (secondary N) is 2.